The first-order chi connectivity index (χ1) is 13.2. The molecule has 0 bridgehead atoms. The van der Waals surface area contributed by atoms with Crippen LogP contribution < -0.4 is 0 Å². The first-order valence-corrected chi connectivity index (χ1v) is 10.4. The van der Waals surface area contributed by atoms with Crippen molar-refractivity contribution in [2.45, 2.75) is 63.0 Å². The highest BCUT2D eigenvalue weighted by Gasteiger charge is 2.19. The number of allylic oxidation sites excluding steroid dienone is 1. The van der Waals surface area contributed by atoms with Crippen LogP contribution in [0.25, 0.3) is 5.57 Å². The average Bonchev–Trinajstić information content (AvgIpc) is 2.64. The molecule has 1 rings (SSSR count). The Morgan fingerprint density at radius 2 is 1.96 bits per heavy atom. The SMILES string of the molecule is C#CCN(C/C=C(\C)c1ccccc1SC(C)(C)CC)C(=O)CCCC(=O)O. The standard InChI is InChI=1S/C23H31NO3S/c1-6-16-24(21(25)13-10-14-22(26)27)17-15-18(3)19-11-8-9-12-20(19)28-23(4,5)7-2/h1,8-9,11-12,15H,7,10,13-14,16-17H2,2-5H3,(H,26,27)/b18-15+. The lowest BCUT2D eigenvalue weighted by Crippen LogP contribution is -2.31. The van der Waals surface area contributed by atoms with Crippen molar-refractivity contribution in [1.82, 2.24) is 4.90 Å². The highest BCUT2D eigenvalue weighted by Crippen LogP contribution is 2.38. The van der Waals surface area contributed by atoms with Crippen molar-refractivity contribution in [2.75, 3.05) is 13.1 Å². The van der Waals surface area contributed by atoms with Gasteiger partial charge < -0.3 is 10.0 Å². The molecule has 0 saturated heterocycles. The summed E-state index contributed by atoms with van der Waals surface area (Å²) < 4.78 is 0.145. The van der Waals surface area contributed by atoms with Gasteiger partial charge in [0.1, 0.15) is 0 Å². The van der Waals surface area contributed by atoms with Crippen molar-refractivity contribution >= 4 is 29.2 Å². The van der Waals surface area contributed by atoms with Gasteiger partial charge in [0.05, 0.1) is 6.54 Å². The zero-order valence-electron chi connectivity index (χ0n) is 17.3. The van der Waals surface area contributed by atoms with Crippen LogP contribution in [-0.4, -0.2) is 39.7 Å². The largest absolute Gasteiger partial charge is 0.481 e. The summed E-state index contributed by atoms with van der Waals surface area (Å²) in [6.45, 7) is 9.33. The maximum atomic E-state index is 12.4. The summed E-state index contributed by atoms with van der Waals surface area (Å²) in [6, 6.07) is 8.29. The molecule has 1 amide bonds. The molecule has 0 aliphatic heterocycles. The summed E-state index contributed by atoms with van der Waals surface area (Å²) in [5, 5.41) is 8.73. The Labute approximate surface area is 173 Å². The summed E-state index contributed by atoms with van der Waals surface area (Å²) in [6.07, 6.45) is 9.00. The Balaban J connectivity index is 2.90. The van der Waals surface area contributed by atoms with Crippen molar-refractivity contribution < 1.29 is 14.7 Å². The molecule has 0 heterocycles. The zero-order valence-corrected chi connectivity index (χ0v) is 18.1. The monoisotopic (exact) mass is 401 g/mol. The number of carboxylic acid groups (broad SMARTS) is 1. The summed E-state index contributed by atoms with van der Waals surface area (Å²) in [5.41, 5.74) is 2.25. The van der Waals surface area contributed by atoms with E-state index in [1.165, 1.54) is 4.90 Å². The van der Waals surface area contributed by atoms with Crippen molar-refractivity contribution in [3.8, 4) is 12.3 Å². The number of terminal acetylenes is 1. The number of hydrogen-bond acceptors (Lipinski definition) is 3. The van der Waals surface area contributed by atoms with E-state index in [0.29, 0.717) is 13.0 Å². The lowest BCUT2D eigenvalue weighted by atomic mass is 10.1. The number of carboxylic acids is 1. The average molecular weight is 402 g/mol. The van der Waals surface area contributed by atoms with Crippen LogP contribution >= 0.6 is 11.8 Å². The molecule has 0 aromatic heterocycles. The van der Waals surface area contributed by atoms with E-state index in [0.717, 1.165) is 17.6 Å². The number of carbonyl (C=O) groups is 2. The van der Waals surface area contributed by atoms with E-state index in [4.69, 9.17) is 11.5 Å². The van der Waals surface area contributed by atoms with Gasteiger partial charge >= 0.3 is 5.97 Å². The molecule has 0 aliphatic carbocycles. The van der Waals surface area contributed by atoms with Gasteiger partial charge in [0.15, 0.2) is 0 Å². The van der Waals surface area contributed by atoms with E-state index in [1.54, 1.807) is 4.90 Å². The zero-order chi connectivity index (χ0) is 21.2. The summed E-state index contributed by atoms with van der Waals surface area (Å²) >= 11 is 1.86. The van der Waals surface area contributed by atoms with Crippen molar-refractivity contribution in [2.24, 2.45) is 0 Å². The van der Waals surface area contributed by atoms with Gasteiger partial charge in [-0.1, -0.05) is 51.0 Å². The van der Waals surface area contributed by atoms with E-state index in [2.05, 4.69) is 38.8 Å². The summed E-state index contributed by atoms with van der Waals surface area (Å²) in [7, 11) is 0. The molecule has 1 N–H and O–H groups in total. The first kappa shape index (κ1) is 23.8. The predicted molar refractivity (Wildman–Crippen MR) is 117 cm³/mol. The number of thioether (sulfide) groups is 1. The Bertz CT molecular complexity index is 746. The van der Waals surface area contributed by atoms with Crippen LogP contribution in [0.3, 0.4) is 0 Å². The maximum absolute atomic E-state index is 12.4. The van der Waals surface area contributed by atoms with Gasteiger partial charge in [-0.2, -0.15) is 0 Å². The second kappa shape index (κ2) is 11.6. The number of rotatable bonds is 11. The van der Waals surface area contributed by atoms with Crippen molar-refractivity contribution in [3.63, 3.8) is 0 Å². The Hall–Kier alpha value is -2.19. The third kappa shape index (κ3) is 8.22. The third-order valence-corrected chi connectivity index (χ3v) is 6.00. The normalized spacial score (nSPS) is 11.8. The van der Waals surface area contributed by atoms with Gasteiger partial charge in [-0.05, 0) is 37.0 Å². The fourth-order valence-electron chi connectivity index (χ4n) is 2.52. The van der Waals surface area contributed by atoms with Crippen molar-refractivity contribution in [3.05, 3.63) is 35.9 Å². The van der Waals surface area contributed by atoms with Crippen LogP contribution in [0, 0.1) is 12.3 Å². The molecule has 0 unspecified atom stereocenters. The Morgan fingerprint density at radius 1 is 1.29 bits per heavy atom. The van der Waals surface area contributed by atoms with E-state index in [9.17, 15) is 9.59 Å². The number of hydrogen-bond donors (Lipinski definition) is 1. The first-order valence-electron chi connectivity index (χ1n) is 9.58. The van der Waals surface area contributed by atoms with Crippen molar-refractivity contribution in [1.29, 1.82) is 0 Å². The molecule has 1 aromatic carbocycles. The van der Waals surface area contributed by atoms with E-state index < -0.39 is 5.97 Å². The molecule has 0 spiro atoms. The number of amides is 1. The number of carbonyl (C=O) groups excluding carboxylic acids is 1. The Morgan fingerprint density at radius 3 is 2.57 bits per heavy atom. The van der Waals surface area contributed by atoms with Crippen LogP contribution in [-0.2, 0) is 9.59 Å². The third-order valence-electron chi connectivity index (χ3n) is 4.58. The van der Waals surface area contributed by atoms with Crippen LogP contribution in [0.2, 0.25) is 0 Å². The molecule has 0 fully saturated rings. The lowest BCUT2D eigenvalue weighted by molar-refractivity contribution is -0.137. The highest BCUT2D eigenvalue weighted by molar-refractivity contribution is 8.00. The highest BCUT2D eigenvalue weighted by atomic mass is 32.2. The topological polar surface area (TPSA) is 57.6 Å². The van der Waals surface area contributed by atoms with Gasteiger partial charge in [-0.3, -0.25) is 9.59 Å². The molecule has 28 heavy (non-hydrogen) atoms. The van der Waals surface area contributed by atoms with Crippen LogP contribution in [0.4, 0.5) is 0 Å². The van der Waals surface area contributed by atoms with Crippen LogP contribution in [0.1, 0.15) is 58.9 Å². The molecule has 0 radical (unpaired) electrons. The van der Waals surface area contributed by atoms with Gasteiger partial charge in [0.25, 0.3) is 0 Å². The molecule has 0 atom stereocenters. The molecule has 0 aliphatic rings. The molecule has 5 heteroatoms. The predicted octanol–water partition coefficient (Wildman–Crippen LogP) is 5.09. The molecule has 152 valence electrons. The fraction of sp³-hybridized carbons (Fsp3) is 0.478. The second-order valence-corrected chi connectivity index (χ2v) is 9.07. The number of benzene rings is 1. The van der Waals surface area contributed by atoms with Gasteiger partial charge in [-0.15, -0.1) is 18.2 Å². The Kier molecular flexibility index (Phi) is 9.89. The van der Waals surface area contributed by atoms with Crippen LogP contribution in [0.5, 0.6) is 0 Å². The van der Waals surface area contributed by atoms with E-state index in [-0.39, 0.29) is 30.0 Å². The van der Waals surface area contributed by atoms with Gasteiger partial charge in [0.2, 0.25) is 5.91 Å². The molecular formula is C23H31NO3S. The summed E-state index contributed by atoms with van der Waals surface area (Å²) in [5.74, 6) is 1.51. The van der Waals surface area contributed by atoms with E-state index in [1.807, 2.05) is 36.9 Å². The smallest absolute Gasteiger partial charge is 0.303 e. The number of aliphatic carboxylic acids is 1. The van der Waals surface area contributed by atoms with E-state index >= 15 is 0 Å². The minimum absolute atomic E-state index is 0.0116. The summed E-state index contributed by atoms with van der Waals surface area (Å²) in [4.78, 5) is 25.8. The minimum atomic E-state index is -0.892. The quantitative estimate of drug-likeness (QED) is 0.415. The van der Waals surface area contributed by atoms with Gasteiger partial charge in [0, 0.05) is 29.0 Å². The molecule has 0 saturated carbocycles. The lowest BCUT2D eigenvalue weighted by Gasteiger charge is -2.24. The minimum Gasteiger partial charge on any atom is -0.481 e. The molecular weight excluding hydrogens is 370 g/mol. The van der Waals surface area contributed by atoms with Crippen LogP contribution in [0.15, 0.2) is 35.2 Å². The molecule has 4 nitrogen and oxygen atoms in total. The molecule has 1 aromatic rings. The maximum Gasteiger partial charge on any atom is 0.303 e. The van der Waals surface area contributed by atoms with Gasteiger partial charge in [-0.25, -0.2) is 0 Å². The number of nitrogens with zero attached hydrogens (tertiary/aromatic N) is 1. The fourth-order valence-corrected chi connectivity index (χ4v) is 3.75. The second-order valence-electron chi connectivity index (χ2n) is 7.32.